The summed E-state index contributed by atoms with van der Waals surface area (Å²) in [6.45, 7) is 2.89. The van der Waals surface area contributed by atoms with E-state index in [1.807, 2.05) is 47.2 Å². The fourth-order valence-corrected chi connectivity index (χ4v) is 2.81. The molecule has 0 spiro atoms. The van der Waals surface area contributed by atoms with Crippen LogP contribution in [-0.4, -0.2) is 15.3 Å². The van der Waals surface area contributed by atoms with E-state index < -0.39 is 0 Å². The standard InChI is InChI=1S/C17H15BrN2O/c1-2-8-20-9-7-19-17(20)16(21)14-4-3-13-11-15(18)6-5-12(13)10-14/h3-7,9-11H,2,8H2,1H3. The molecule has 3 rings (SSSR count). The topological polar surface area (TPSA) is 34.9 Å². The molecule has 106 valence electrons. The number of halogens is 1. The van der Waals surface area contributed by atoms with Gasteiger partial charge in [0.25, 0.3) is 0 Å². The van der Waals surface area contributed by atoms with E-state index in [2.05, 4.69) is 27.8 Å². The minimum absolute atomic E-state index is 0.0294. The van der Waals surface area contributed by atoms with Crippen molar-refractivity contribution in [3.05, 3.63) is 64.7 Å². The fourth-order valence-electron chi connectivity index (χ4n) is 2.43. The number of rotatable bonds is 4. The molecule has 0 aliphatic heterocycles. The van der Waals surface area contributed by atoms with Crippen LogP contribution in [0.25, 0.3) is 10.8 Å². The van der Waals surface area contributed by atoms with Gasteiger partial charge in [-0.15, -0.1) is 0 Å². The van der Waals surface area contributed by atoms with E-state index >= 15 is 0 Å². The van der Waals surface area contributed by atoms with Gasteiger partial charge in [0.1, 0.15) is 0 Å². The van der Waals surface area contributed by atoms with Crippen molar-refractivity contribution in [3.8, 4) is 0 Å². The number of nitrogens with zero attached hydrogens (tertiary/aromatic N) is 2. The number of imidazole rings is 1. The van der Waals surface area contributed by atoms with Crippen molar-refractivity contribution < 1.29 is 4.79 Å². The molecule has 4 heteroatoms. The molecule has 0 aliphatic rings. The van der Waals surface area contributed by atoms with Gasteiger partial charge in [0.15, 0.2) is 5.82 Å². The maximum absolute atomic E-state index is 12.6. The Kier molecular flexibility index (Phi) is 3.88. The molecule has 0 saturated heterocycles. The van der Waals surface area contributed by atoms with Gasteiger partial charge in [-0.2, -0.15) is 0 Å². The highest BCUT2D eigenvalue weighted by molar-refractivity contribution is 9.10. The molecule has 0 unspecified atom stereocenters. The van der Waals surface area contributed by atoms with Crippen molar-refractivity contribution in [2.45, 2.75) is 19.9 Å². The lowest BCUT2D eigenvalue weighted by Crippen LogP contribution is -2.11. The van der Waals surface area contributed by atoms with E-state index in [9.17, 15) is 4.79 Å². The van der Waals surface area contributed by atoms with Crippen LogP contribution in [0, 0.1) is 0 Å². The fraction of sp³-hybridized carbons (Fsp3) is 0.176. The first-order chi connectivity index (χ1) is 10.2. The van der Waals surface area contributed by atoms with Crippen molar-refractivity contribution >= 4 is 32.5 Å². The van der Waals surface area contributed by atoms with E-state index in [0.717, 1.165) is 28.2 Å². The maximum atomic E-state index is 12.6. The summed E-state index contributed by atoms with van der Waals surface area (Å²) >= 11 is 3.46. The van der Waals surface area contributed by atoms with Crippen LogP contribution >= 0.6 is 15.9 Å². The molecule has 3 aromatic rings. The van der Waals surface area contributed by atoms with Gasteiger partial charge in [-0.3, -0.25) is 4.79 Å². The summed E-state index contributed by atoms with van der Waals surface area (Å²) in [6.07, 6.45) is 4.51. The van der Waals surface area contributed by atoms with Gasteiger partial charge in [0.2, 0.25) is 5.78 Å². The molecular weight excluding hydrogens is 328 g/mol. The number of fused-ring (bicyclic) bond motifs is 1. The number of ketones is 1. The Bertz CT molecular complexity index is 807. The van der Waals surface area contributed by atoms with Gasteiger partial charge >= 0.3 is 0 Å². The first kappa shape index (κ1) is 14.0. The third-order valence-electron chi connectivity index (χ3n) is 3.45. The van der Waals surface area contributed by atoms with Crippen LogP contribution in [0.15, 0.2) is 53.3 Å². The molecule has 1 heterocycles. The summed E-state index contributed by atoms with van der Waals surface area (Å²) in [5.74, 6) is 0.478. The van der Waals surface area contributed by atoms with E-state index in [4.69, 9.17) is 0 Å². The molecule has 21 heavy (non-hydrogen) atoms. The highest BCUT2D eigenvalue weighted by Crippen LogP contribution is 2.22. The quantitative estimate of drug-likeness (QED) is 0.657. The number of hydrogen-bond acceptors (Lipinski definition) is 2. The number of carbonyl (C=O) groups excluding carboxylic acids is 1. The van der Waals surface area contributed by atoms with E-state index in [1.165, 1.54) is 0 Å². The summed E-state index contributed by atoms with van der Waals surface area (Å²) in [5, 5.41) is 2.16. The van der Waals surface area contributed by atoms with Crippen molar-refractivity contribution in [1.82, 2.24) is 9.55 Å². The molecule has 1 aromatic heterocycles. The smallest absolute Gasteiger partial charge is 0.228 e. The Morgan fingerprint density at radius 2 is 1.95 bits per heavy atom. The summed E-state index contributed by atoms with van der Waals surface area (Å²) in [7, 11) is 0. The highest BCUT2D eigenvalue weighted by Gasteiger charge is 2.15. The van der Waals surface area contributed by atoms with Crippen LogP contribution in [0.3, 0.4) is 0 Å². The second-order valence-corrected chi connectivity index (χ2v) is 5.90. The summed E-state index contributed by atoms with van der Waals surface area (Å²) in [4.78, 5) is 16.8. The van der Waals surface area contributed by atoms with E-state index in [0.29, 0.717) is 11.4 Å². The molecule has 0 N–H and O–H groups in total. The van der Waals surface area contributed by atoms with Crippen LogP contribution < -0.4 is 0 Å². The minimum Gasteiger partial charge on any atom is -0.328 e. The van der Waals surface area contributed by atoms with Gasteiger partial charge < -0.3 is 4.57 Å². The van der Waals surface area contributed by atoms with Gasteiger partial charge in [-0.05, 0) is 35.4 Å². The molecule has 0 aliphatic carbocycles. The highest BCUT2D eigenvalue weighted by atomic mass is 79.9. The third-order valence-corrected chi connectivity index (χ3v) is 3.94. The first-order valence-electron chi connectivity index (χ1n) is 6.94. The average Bonchev–Trinajstić information content (AvgIpc) is 2.94. The second kappa shape index (κ2) is 5.82. The summed E-state index contributed by atoms with van der Waals surface area (Å²) in [5.41, 5.74) is 0.674. The van der Waals surface area contributed by atoms with Crippen molar-refractivity contribution in [1.29, 1.82) is 0 Å². The Hall–Kier alpha value is -1.94. The third kappa shape index (κ3) is 2.76. The van der Waals surface area contributed by atoms with Crippen molar-refractivity contribution in [3.63, 3.8) is 0 Å². The zero-order valence-corrected chi connectivity index (χ0v) is 13.3. The molecule has 0 bridgehead atoms. The Morgan fingerprint density at radius 3 is 2.76 bits per heavy atom. The maximum Gasteiger partial charge on any atom is 0.228 e. The van der Waals surface area contributed by atoms with Crippen LogP contribution in [-0.2, 0) is 6.54 Å². The number of hydrogen-bond donors (Lipinski definition) is 0. The lowest BCUT2D eigenvalue weighted by atomic mass is 10.0. The van der Waals surface area contributed by atoms with E-state index in [-0.39, 0.29) is 5.78 Å². The van der Waals surface area contributed by atoms with Crippen LogP contribution in [0.1, 0.15) is 29.5 Å². The SMILES string of the molecule is CCCn1ccnc1C(=O)c1ccc2cc(Br)ccc2c1. The molecule has 3 nitrogen and oxygen atoms in total. The molecule has 0 radical (unpaired) electrons. The normalized spacial score (nSPS) is 11.0. The largest absolute Gasteiger partial charge is 0.328 e. The predicted molar refractivity (Wildman–Crippen MR) is 87.6 cm³/mol. The average molecular weight is 343 g/mol. The molecular formula is C17H15BrN2O. The first-order valence-corrected chi connectivity index (χ1v) is 7.73. The zero-order chi connectivity index (χ0) is 14.8. The predicted octanol–water partition coefficient (Wildman–Crippen LogP) is 4.44. The number of aryl methyl sites for hydroxylation is 1. The Morgan fingerprint density at radius 1 is 1.19 bits per heavy atom. The van der Waals surface area contributed by atoms with Crippen LogP contribution in [0.2, 0.25) is 0 Å². The monoisotopic (exact) mass is 342 g/mol. The van der Waals surface area contributed by atoms with Crippen molar-refractivity contribution in [2.75, 3.05) is 0 Å². The molecule has 0 saturated carbocycles. The minimum atomic E-state index is -0.0294. The Labute approximate surface area is 131 Å². The second-order valence-electron chi connectivity index (χ2n) is 4.98. The lowest BCUT2D eigenvalue weighted by molar-refractivity contribution is 0.102. The van der Waals surface area contributed by atoms with Crippen molar-refractivity contribution in [2.24, 2.45) is 0 Å². The lowest BCUT2D eigenvalue weighted by Gasteiger charge is -2.06. The van der Waals surface area contributed by atoms with Gasteiger partial charge in [0, 0.05) is 29.0 Å². The molecule has 0 atom stereocenters. The Balaban J connectivity index is 2.01. The number of aromatic nitrogens is 2. The number of benzene rings is 2. The van der Waals surface area contributed by atoms with Gasteiger partial charge in [-0.1, -0.05) is 41.1 Å². The summed E-state index contributed by atoms with van der Waals surface area (Å²) in [6, 6.07) is 11.8. The zero-order valence-electron chi connectivity index (χ0n) is 11.7. The van der Waals surface area contributed by atoms with Gasteiger partial charge in [0.05, 0.1) is 0 Å². The van der Waals surface area contributed by atoms with E-state index in [1.54, 1.807) is 6.20 Å². The summed E-state index contributed by atoms with van der Waals surface area (Å²) < 4.78 is 2.95. The van der Waals surface area contributed by atoms with Crippen LogP contribution in [0.5, 0.6) is 0 Å². The van der Waals surface area contributed by atoms with Gasteiger partial charge in [-0.25, -0.2) is 4.98 Å². The van der Waals surface area contributed by atoms with Crippen LogP contribution in [0.4, 0.5) is 0 Å². The molecule has 0 fully saturated rings. The molecule has 0 amide bonds. The molecule has 2 aromatic carbocycles. The number of carbonyl (C=O) groups is 1.